The zero-order chi connectivity index (χ0) is 8.65. The normalized spacial score (nSPS) is 24.2. The molecule has 1 heterocycles. The molecule has 1 aliphatic heterocycles. The Morgan fingerprint density at radius 1 is 1.42 bits per heavy atom. The second kappa shape index (κ2) is 6.40. The van der Waals surface area contributed by atoms with Crippen LogP contribution in [0.2, 0.25) is 0 Å². The molecule has 12 heavy (non-hydrogen) atoms. The Labute approximate surface area is 74.1 Å². The quantitative estimate of drug-likeness (QED) is 0.596. The average Bonchev–Trinajstić information content (AvgIpc) is 2.14. The second-order valence-electron chi connectivity index (χ2n) is 3.27. The lowest BCUT2D eigenvalue weighted by atomic mass is 10.1. The molecule has 0 aromatic rings. The van der Waals surface area contributed by atoms with Gasteiger partial charge in [0.05, 0.1) is 6.10 Å². The predicted molar refractivity (Wildman–Crippen MR) is 48.2 cm³/mol. The van der Waals surface area contributed by atoms with E-state index in [0.29, 0.717) is 6.10 Å². The Bertz CT molecular complexity index is 103. The van der Waals surface area contributed by atoms with Gasteiger partial charge in [0.25, 0.3) is 0 Å². The molecule has 1 saturated heterocycles. The summed E-state index contributed by atoms with van der Waals surface area (Å²) in [7, 11) is 0. The third kappa shape index (κ3) is 4.04. The summed E-state index contributed by atoms with van der Waals surface area (Å²) in [4.78, 5) is 0. The molecule has 0 bridgehead atoms. The molecule has 1 atom stereocenters. The number of aliphatic hydroxyl groups excluding tert-OH is 1. The summed E-state index contributed by atoms with van der Waals surface area (Å²) in [6.07, 6.45) is 4.95. The van der Waals surface area contributed by atoms with Crippen LogP contribution in [0, 0.1) is 0 Å². The summed E-state index contributed by atoms with van der Waals surface area (Å²) in [5.74, 6) is 0. The molecule has 1 rings (SSSR count). The van der Waals surface area contributed by atoms with Crippen LogP contribution in [-0.4, -0.2) is 37.5 Å². The zero-order valence-electron chi connectivity index (χ0n) is 7.59. The van der Waals surface area contributed by atoms with E-state index in [9.17, 15) is 0 Å². The van der Waals surface area contributed by atoms with E-state index in [1.54, 1.807) is 0 Å². The monoisotopic (exact) mass is 173 g/mol. The van der Waals surface area contributed by atoms with Gasteiger partial charge < -0.3 is 15.2 Å². The molecule has 0 amide bonds. The van der Waals surface area contributed by atoms with Gasteiger partial charge in [-0.2, -0.15) is 0 Å². The lowest BCUT2D eigenvalue weighted by Crippen LogP contribution is -2.32. The number of ether oxygens (including phenoxy) is 1. The maximum atomic E-state index is 8.53. The molecule has 3 heteroatoms. The zero-order valence-corrected chi connectivity index (χ0v) is 7.59. The molecule has 2 N–H and O–H groups in total. The molecule has 0 aromatic heterocycles. The minimum Gasteiger partial charge on any atom is -0.396 e. The molecular weight excluding hydrogens is 154 g/mol. The van der Waals surface area contributed by atoms with Crippen molar-refractivity contribution in [1.82, 2.24) is 5.32 Å². The molecule has 0 aliphatic carbocycles. The van der Waals surface area contributed by atoms with Crippen molar-refractivity contribution in [3.63, 3.8) is 0 Å². The molecule has 1 aliphatic rings. The first-order chi connectivity index (χ1) is 5.93. The van der Waals surface area contributed by atoms with Crippen LogP contribution < -0.4 is 5.32 Å². The van der Waals surface area contributed by atoms with Gasteiger partial charge >= 0.3 is 0 Å². The van der Waals surface area contributed by atoms with Crippen molar-refractivity contribution < 1.29 is 9.84 Å². The van der Waals surface area contributed by atoms with Crippen LogP contribution in [0.3, 0.4) is 0 Å². The van der Waals surface area contributed by atoms with Crippen molar-refractivity contribution >= 4 is 0 Å². The van der Waals surface area contributed by atoms with Crippen molar-refractivity contribution in [3.8, 4) is 0 Å². The predicted octanol–water partition coefficient (Wildman–Crippen LogP) is 0.527. The molecule has 72 valence electrons. The minimum atomic E-state index is 0.276. The fraction of sp³-hybridized carbons (Fsp3) is 1.00. The van der Waals surface area contributed by atoms with E-state index in [1.165, 1.54) is 19.3 Å². The number of hydrogen-bond donors (Lipinski definition) is 2. The van der Waals surface area contributed by atoms with E-state index in [1.807, 2.05) is 0 Å². The highest BCUT2D eigenvalue weighted by atomic mass is 16.5. The number of aliphatic hydroxyl groups is 1. The first-order valence-corrected chi connectivity index (χ1v) is 4.86. The Hall–Kier alpha value is -0.120. The van der Waals surface area contributed by atoms with E-state index in [-0.39, 0.29) is 6.61 Å². The molecule has 0 radical (unpaired) electrons. The van der Waals surface area contributed by atoms with Gasteiger partial charge in [0.15, 0.2) is 0 Å². The summed E-state index contributed by atoms with van der Waals surface area (Å²) in [5.41, 5.74) is 0. The minimum absolute atomic E-state index is 0.276. The van der Waals surface area contributed by atoms with Gasteiger partial charge in [0, 0.05) is 19.8 Å². The molecule has 1 unspecified atom stereocenters. The molecule has 0 saturated carbocycles. The van der Waals surface area contributed by atoms with E-state index in [4.69, 9.17) is 9.84 Å². The van der Waals surface area contributed by atoms with E-state index in [0.717, 1.165) is 26.1 Å². The van der Waals surface area contributed by atoms with Crippen molar-refractivity contribution in [2.24, 2.45) is 0 Å². The largest absolute Gasteiger partial charge is 0.396 e. The van der Waals surface area contributed by atoms with Crippen LogP contribution in [-0.2, 0) is 4.74 Å². The molecule has 0 spiro atoms. The molecular formula is C9H19NO2. The number of rotatable bonds is 5. The second-order valence-corrected chi connectivity index (χ2v) is 3.27. The smallest absolute Gasteiger partial charge is 0.0699 e. The molecule has 3 nitrogen and oxygen atoms in total. The topological polar surface area (TPSA) is 41.5 Å². The van der Waals surface area contributed by atoms with Crippen LogP contribution >= 0.6 is 0 Å². The fourth-order valence-electron chi connectivity index (χ4n) is 1.44. The lowest BCUT2D eigenvalue weighted by molar-refractivity contribution is 0.0169. The summed E-state index contributed by atoms with van der Waals surface area (Å²) in [6, 6.07) is 0. The van der Waals surface area contributed by atoms with Crippen LogP contribution in [0.15, 0.2) is 0 Å². The van der Waals surface area contributed by atoms with Gasteiger partial charge in [-0.3, -0.25) is 0 Å². The number of nitrogens with one attached hydrogen (secondary N) is 1. The average molecular weight is 173 g/mol. The van der Waals surface area contributed by atoms with Gasteiger partial charge in [-0.1, -0.05) is 0 Å². The Kier molecular flexibility index (Phi) is 5.32. The van der Waals surface area contributed by atoms with E-state index < -0.39 is 0 Å². The molecule has 1 fully saturated rings. The van der Waals surface area contributed by atoms with Gasteiger partial charge in [-0.25, -0.2) is 0 Å². The molecule has 0 aromatic carbocycles. The van der Waals surface area contributed by atoms with E-state index >= 15 is 0 Å². The van der Waals surface area contributed by atoms with Crippen molar-refractivity contribution in [2.45, 2.75) is 31.8 Å². The van der Waals surface area contributed by atoms with Gasteiger partial charge in [0.2, 0.25) is 0 Å². The highest BCUT2D eigenvalue weighted by Crippen LogP contribution is 2.11. The third-order valence-electron chi connectivity index (χ3n) is 2.16. The van der Waals surface area contributed by atoms with E-state index in [2.05, 4.69) is 5.32 Å². The Morgan fingerprint density at radius 2 is 2.33 bits per heavy atom. The highest BCUT2D eigenvalue weighted by molar-refractivity contribution is 4.65. The van der Waals surface area contributed by atoms with Gasteiger partial charge in [-0.05, 0) is 32.2 Å². The van der Waals surface area contributed by atoms with Crippen LogP contribution in [0.4, 0.5) is 0 Å². The van der Waals surface area contributed by atoms with Crippen molar-refractivity contribution in [2.75, 3.05) is 26.3 Å². The first-order valence-electron chi connectivity index (χ1n) is 4.86. The summed E-state index contributed by atoms with van der Waals surface area (Å²) in [6.45, 7) is 3.04. The third-order valence-corrected chi connectivity index (χ3v) is 2.16. The maximum Gasteiger partial charge on any atom is 0.0699 e. The maximum absolute atomic E-state index is 8.53. The Morgan fingerprint density at radius 3 is 3.00 bits per heavy atom. The number of hydrogen-bond acceptors (Lipinski definition) is 3. The first kappa shape index (κ1) is 9.96. The van der Waals surface area contributed by atoms with Crippen LogP contribution in [0.1, 0.15) is 25.7 Å². The van der Waals surface area contributed by atoms with Crippen molar-refractivity contribution in [3.05, 3.63) is 0 Å². The van der Waals surface area contributed by atoms with Crippen molar-refractivity contribution in [1.29, 1.82) is 0 Å². The standard InChI is InChI=1S/C9H19NO2/c11-6-3-5-10-8-9-4-1-2-7-12-9/h9-11H,1-8H2. The van der Waals surface area contributed by atoms with Crippen LogP contribution in [0.25, 0.3) is 0 Å². The highest BCUT2D eigenvalue weighted by Gasteiger charge is 2.12. The van der Waals surface area contributed by atoms with Crippen LogP contribution in [0.5, 0.6) is 0 Å². The van der Waals surface area contributed by atoms with Gasteiger partial charge in [-0.15, -0.1) is 0 Å². The lowest BCUT2D eigenvalue weighted by Gasteiger charge is -2.22. The Balaban J connectivity index is 1.91. The fourth-order valence-corrected chi connectivity index (χ4v) is 1.44. The SMILES string of the molecule is OCCCNCC1CCCCO1. The van der Waals surface area contributed by atoms with Gasteiger partial charge in [0.1, 0.15) is 0 Å². The summed E-state index contributed by atoms with van der Waals surface area (Å²) in [5, 5.41) is 11.8. The summed E-state index contributed by atoms with van der Waals surface area (Å²) < 4.78 is 5.53. The summed E-state index contributed by atoms with van der Waals surface area (Å²) >= 11 is 0.